The molecule has 3 heterocycles. The molecule has 1 aromatic carbocycles. The van der Waals surface area contributed by atoms with E-state index in [0.717, 1.165) is 15.2 Å². The van der Waals surface area contributed by atoms with Gasteiger partial charge in [0, 0.05) is 13.0 Å². The van der Waals surface area contributed by atoms with Crippen molar-refractivity contribution >= 4 is 33.2 Å². The van der Waals surface area contributed by atoms with E-state index in [9.17, 15) is 9.59 Å². The molecular weight excluding hydrogens is 312 g/mol. The lowest BCUT2D eigenvalue weighted by molar-refractivity contribution is -0.135. The van der Waals surface area contributed by atoms with E-state index in [2.05, 4.69) is 4.98 Å². The van der Waals surface area contributed by atoms with E-state index >= 15 is 0 Å². The van der Waals surface area contributed by atoms with Crippen molar-refractivity contribution in [1.29, 1.82) is 0 Å². The maximum absolute atomic E-state index is 12.8. The van der Waals surface area contributed by atoms with Gasteiger partial charge in [0.1, 0.15) is 5.78 Å². The highest BCUT2D eigenvalue weighted by molar-refractivity contribution is 7.18. The van der Waals surface area contributed by atoms with Crippen LogP contribution in [0, 0.1) is 11.8 Å². The van der Waals surface area contributed by atoms with Gasteiger partial charge in [0.2, 0.25) is 5.91 Å². The molecule has 23 heavy (non-hydrogen) atoms. The first-order chi connectivity index (χ1) is 11.1. The summed E-state index contributed by atoms with van der Waals surface area (Å²) in [6.45, 7) is 3.19. The highest BCUT2D eigenvalue weighted by atomic mass is 32.1. The van der Waals surface area contributed by atoms with Crippen molar-refractivity contribution in [3.05, 3.63) is 29.3 Å². The zero-order valence-corrected chi connectivity index (χ0v) is 13.7. The first kappa shape index (κ1) is 14.8. The second-order valence-electron chi connectivity index (χ2n) is 6.20. The van der Waals surface area contributed by atoms with Gasteiger partial charge >= 0.3 is 0 Å². The summed E-state index contributed by atoms with van der Waals surface area (Å²) in [5.74, 6) is -0.435. The minimum atomic E-state index is -0.306. The highest BCUT2D eigenvalue weighted by Crippen LogP contribution is 2.37. The van der Waals surface area contributed by atoms with E-state index in [1.807, 2.05) is 29.2 Å². The van der Waals surface area contributed by atoms with Gasteiger partial charge in [-0.05, 0) is 19.1 Å². The molecule has 4 rings (SSSR count). The van der Waals surface area contributed by atoms with Crippen LogP contribution in [0.2, 0.25) is 0 Å². The smallest absolute Gasteiger partial charge is 0.227 e. The van der Waals surface area contributed by atoms with Gasteiger partial charge in [0.05, 0.1) is 46.3 Å². The number of carbonyl (C=O) groups excluding carboxylic acids is 2. The molecule has 2 aliphatic rings. The van der Waals surface area contributed by atoms with E-state index in [4.69, 9.17) is 4.74 Å². The predicted octanol–water partition coefficient (Wildman–Crippen LogP) is 1.90. The number of ketones is 1. The Balaban J connectivity index is 1.65. The number of nitrogens with zero attached hydrogens (tertiary/aromatic N) is 2. The lowest BCUT2D eigenvalue weighted by Gasteiger charge is -2.31. The van der Waals surface area contributed by atoms with Gasteiger partial charge < -0.3 is 9.64 Å². The number of amides is 1. The summed E-state index contributed by atoms with van der Waals surface area (Å²) in [7, 11) is 0. The number of hydrogen-bond donors (Lipinski definition) is 0. The van der Waals surface area contributed by atoms with E-state index < -0.39 is 0 Å². The highest BCUT2D eigenvalue weighted by Gasteiger charge is 2.51. The first-order valence-corrected chi connectivity index (χ1v) is 8.70. The Kier molecular flexibility index (Phi) is 3.66. The molecule has 0 aliphatic carbocycles. The van der Waals surface area contributed by atoms with Crippen LogP contribution in [0.1, 0.15) is 11.9 Å². The molecule has 2 aliphatic heterocycles. The quantitative estimate of drug-likeness (QED) is 0.862. The van der Waals surface area contributed by atoms with Crippen LogP contribution >= 0.6 is 11.3 Å². The third kappa shape index (κ3) is 2.46. The number of para-hydroxylation sites is 1. The lowest BCUT2D eigenvalue weighted by Crippen LogP contribution is -2.46. The molecule has 1 aromatic heterocycles. The number of carbonyl (C=O) groups is 2. The van der Waals surface area contributed by atoms with Crippen molar-refractivity contribution in [2.24, 2.45) is 11.8 Å². The van der Waals surface area contributed by atoms with Crippen molar-refractivity contribution in [1.82, 2.24) is 9.88 Å². The first-order valence-electron chi connectivity index (χ1n) is 7.88. The van der Waals surface area contributed by atoms with E-state index in [1.165, 1.54) is 0 Å². The number of benzene rings is 1. The molecule has 0 N–H and O–H groups in total. The zero-order chi connectivity index (χ0) is 16.0. The van der Waals surface area contributed by atoms with Crippen LogP contribution in [0.25, 0.3) is 10.2 Å². The molecular formula is C17H18N2O3S. The van der Waals surface area contributed by atoms with Gasteiger partial charge in [-0.15, -0.1) is 11.3 Å². The maximum atomic E-state index is 12.8. The van der Waals surface area contributed by atoms with Crippen LogP contribution in [0.15, 0.2) is 24.3 Å². The van der Waals surface area contributed by atoms with E-state index in [0.29, 0.717) is 26.2 Å². The summed E-state index contributed by atoms with van der Waals surface area (Å²) < 4.78 is 6.62. The molecule has 0 saturated carbocycles. The topological polar surface area (TPSA) is 59.5 Å². The predicted molar refractivity (Wildman–Crippen MR) is 87.3 cm³/mol. The summed E-state index contributed by atoms with van der Waals surface area (Å²) in [6, 6.07) is 7.86. The summed E-state index contributed by atoms with van der Waals surface area (Å²) in [5.41, 5.74) is 0.957. The second kappa shape index (κ2) is 5.69. The Morgan fingerprint density at radius 1 is 1.43 bits per heavy atom. The van der Waals surface area contributed by atoms with Crippen molar-refractivity contribution in [3.63, 3.8) is 0 Å². The minimum absolute atomic E-state index is 0.0717. The van der Waals surface area contributed by atoms with Gasteiger partial charge in [-0.3, -0.25) is 9.59 Å². The van der Waals surface area contributed by atoms with E-state index in [-0.39, 0.29) is 29.6 Å². The van der Waals surface area contributed by atoms with Crippen molar-refractivity contribution in [2.45, 2.75) is 19.4 Å². The summed E-state index contributed by atoms with van der Waals surface area (Å²) in [6.07, 6.45) is 0.537. The van der Waals surface area contributed by atoms with Gasteiger partial charge in [0.25, 0.3) is 0 Å². The van der Waals surface area contributed by atoms with Gasteiger partial charge in [-0.1, -0.05) is 12.1 Å². The number of fused-ring (bicyclic) bond motifs is 2. The number of rotatable bonds is 3. The molecule has 5 nitrogen and oxygen atoms in total. The molecule has 1 amide bonds. The van der Waals surface area contributed by atoms with Crippen LogP contribution in [0.3, 0.4) is 0 Å². The van der Waals surface area contributed by atoms with Crippen molar-refractivity contribution < 1.29 is 14.3 Å². The molecule has 2 fully saturated rings. The largest absolute Gasteiger partial charge is 0.377 e. The van der Waals surface area contributed by atoms with E-state index in [1.54, 1.807) is 18.3 Å². The van der Waals surface area contributed by atoms with Crippen molar-refractivity contribution in [3.8, 4) is 0 Å². The fourth-order valence-electron chi connectivity index (χ4n) is 3.79. The molecule has 0 bridgehead atoms. The van der Waals surface area contributed by atoms with Crippen LogP contribution in [0.4, 0.5) is 0 Å². The minimum Gasteiger partial charge on any atom is -0.377 e. The summed E-state index contributed by atoms with van der Waals surface area (Å²) in [5, 5.41) is 0.927. The molecule has 2 saturated heterocycles. The maximum Gasteiger partial charge on any atom is 0.227 e. The molecule has 0 spiro atoms. The number of aromatic nitrogens is 1. The van der Waals surface area contributed by atoms with Crippen molar-refractivity contribution in [2.75, 3.05) is 19.8 Å². The Hall–Kier alpha value is -1.79. The monoisotopic (exact) mass is 330 g/mol. The number of ether oxygens (including phenoxy) is 1. The summed E-state index contributed by atoms with van der Waals surface area (Å²) >= 11 is 1.61. The second-order valence-corrected chi connectivity index (χ2v) is 7.31. The standard InChI is InChI=1S/C17H18N2O3S/c1-10(20)16-11(17(21)19-6-7-22-9-13(16)19)8-15-18-12-4-2-3-5-14(12)23-15/h2-5,11,13,16H,6-9H2,1H3/t11-,13+,16-/m1/s1. The molecule has 6 heteroatoms. The average Bonchev–Trinajstić information content (AvgIpc) is 3.07. The Morgan fingerprint density at radius 2 is 2.26 bits per heavy atom. The Morgan fingerprint density at radius 3 is 3.04 bits per heavy atom. The normalized spacial score (nSPS) is 27.4. The number of thiazole rings is 1. The van der Waals surface area contributed by atoms with Crippen LogP contribution < -0.4 is 0 Å². The fourth-order valence-corrected chi connectivity index (χ4v) is 4.82. The number of Topliss-reactive ketones (excluding diaryl/α,β-unsaturated/α-hetero) is 1. The zero-order valence-electron chi connectivity index (χ0n) is 12.9. The van der Waals surface area contributed by atoms with Crippen LogP contribution in [0.5, 0.6) is 0 Å². The van der Waals surface area contributed by atoms with Gasteiger partial charge in [-0.25, -0.2) is 4.98 Å². The fraction of sp³-hybridized carbons (Fsp3) is 0.471. The van der Waals surface area contributed by atoms with Gasteiger partial charge in [-0.2, -0.15) is 0 Å². The lowest BCUT2D eigenvalue weighted by atomic mass is 9.85. The molecule has 0 radical (unpaired) electrons. The molecule has 0 unspecified atom stereocenters. The number of morpholine rings is 1. The SMILES string of the molecule is CC(=O)[C@@H]1[C@@H](Cc2nc3ccccc3s2)C(=O)N2CCOC[C@@H]12. The third-order valence-corrected chi connectivity index (χ3v) is 5.87. The molecule has 2 aromatic rings. The number of hydrogen-bond acceptors (Lipinski definition) is 5. The molecule has 120 valence electrons. The average molecular weight is 330 g/mol. The summed E-state index contributed by atoms with van der Waals surface area (Å²) in [4.78, 5) is 31.4. The molecule has 3 atom stereocenters. The third-order valence-electron chi connectivity index (χ3n) is 4.82. The van der Waals surface area contributed by atoms with Crippen LogP contribution in [-0.2, 0) is 20.7 Å². The van der Waals surface area contributed by atoms with Crippen LogP contribution in [-0.4, -0.2) is 47.4 Å². The Bertz CT molecular complexity index is 739. The van der Waals surface area contributed by atoms with Gasteiger partial charge in [0.15, 0.2) is 0 Å². The Labute approximate surface area is 138 Å².